The molecule has 0 amide bonds. The number of hydrogen-bond donors (Lipinski definition) is 6. The van der Waals surface area contributed by atoms with Crippen LogP contribution in [0.1, 0.15) is 0 Å². The van der Waals surface area contributed by atoms with E-state index in [1.807, 2.05) is 0 Å². The maximum absolute atomic E-state index is 11.2. The first-order valence-corrected chi connectivity index (χ1v) is 4.74. The highest BCUT2D eigenvalue weighted by Gasteiger charge is 2.30. The molecule has 10 heteroatoms. The average molecular weight is 266 g/mol. The number of ketones is 1. The Bertz CT molecular complexity index is 312. The molecule has 0 aliphatic rings. The van der Waals surface area contributed by atoms with Crippen LogP contribution >= 0.6 is 12.2 Å². The van der Waals surface area contributed by atoms with Crippen LogP contribution in [0.5, 0.6) is 0 Å². The highest BCUT2D eigenvalue weighted by Crippen LogP contribution is 2.00. The first kappa shape index (κ1) is 15.7. The summed E-state index contributed by atoms with van der Waals surface area (Å²) in [5.41, 5.74) is 9.39. The minimum atomic E-state index is -2.36. The topological polar surface area (TPSA) is 168 Å². The van der Waals surface area contributed by atoms with Crippen LogP contribution in [0.3, 0.4) is 0 Å². The SMILES string of the molecule is NC(=S)NNCC(=O)[C@H](O)[C@@H](O)[C@H](O)C(=O)[O-]. The first-order chi connectivity index (χ1) is 7.77. The Kier molecular flexibility index (Phi) is 6.53. The van der Waals surface area contributed by atoms with E-state index in [2.05, 4.69) is 23.1 Å². The molecule has 0 aromatic heterocycles. The molecule has 0 heterocycles. The van der Waals surface area contributed by atoms with E-state index in [4.69, 9.17) is 15.9 Å². The number of nitrogens with two attached hydrogens (primary N) is 1. The zero-order valence-electron chi connectivity index (χ0n) is 8.49. The monoisotopic (exact) mass is 266 g/mol. The molecule has 17 heavy (non-hydrogen) atoms. The predicted octanol–water partition coefficient (Wildman–Crippen LogP) is -5.27. The number of aliphatic hydroxyl groups excluding tert-OH is 3. The van der Waals surface area contributed by atoms with Crippen LogP contribution in [0.4, 0.5) is 0 Å². The third-order valence-electron chi connectivity index (χ3n) is 1.69. The van der Waals surface area contributed by atoms with E-state index in [0.29, 0.717) is 0 Å². The molecule has 0 rings (SSSR count). The molecule has 0 aromatic rings. The zero-order valence-corrected chi connectivity index (χ0v) is 9.31. The lowest BCUT2D eigenvalue weighted by molar-refractivity contribution is -0.319. The molecule has 0 radical (unpaired) electrons. The quantitative estimate of drug-likeness (QED) is 0.193. The second kappa shape index (κ2) is 7.09. The van der Waals surface area contributed by atoms with Gasteiger partial charge in [0.15, 0.2) is 10.9 Å². The smallest absolute Gasteiger partial charge is 0.179 e. The summed E-state index contributed by atoms with van der Waals surface area (Å²) in [5.74, 6) is -2.97. The van der Waals surface area contributed by atoms with Gasteiger partial charge in [-0.1, -0.05) is 0 Å². The van der Waals surface area contributed by atoms with Crippen LogP contribution in [0.2, 0.25) is 0 Å². The summed E-state index contributed by atoms with van der Waals surface area (Å²) in [4.78, 5) is 21.3. The van der Waals surface area contributed by atoms with E-state index in [0.717, 1.165) is 0 Å². The van der Waals surface area contributed by atoms with Gasteiger partial charge in [0.2, 0.25) is 0 Å². The van der Waals surface area contributed by atoms with Crippen LogP contribution in [-0.2, 0) is 9.59 Å². The molecule has 0 spiro atoms. The Morgan fingerprint density at radius 3 is 2.24 bits per heavy atom. The van der Waals surface area contributed by atoms with E-state index in [1.165, 1.54) is 0 Å². The lowest BCUT2D eigenvalue weighted by atomic mass is 10.0. The number of carbonyl (C=O) groups is 2. The van der Waals surface area contributed by atoms with Gasteiger partial charge < -0.3 is 31.0 Å². The maximum atomic E-state index is 11.2. The molecule has 9 nitrogen and oxygen atoms in total. The first-order valence-electron chi connectivity index (χ1n) is 4.33. The molecule has 0 bridgehead atoms. The fourth-order valence-corrected chi connectivity index (χ4v) is 0.898. The molecule has 0 aliphatic heterocycles. The highest BCUT2D eigenvalue weighted by molar-refractivity contribution is 7.80. The van der Waals surface area contributed by atoms with E-state index in [1.54, 1.807) is 0 Å². The molecule has 7 N–H and O–H groups in total. The molecule has 0 saturated heterocycles. The van der Waals surface area contributed by atoms with Gasteiger partial charge in [-0.3, -0.25) is 10.2 Å². The molecule has 0 aliphatic carbocycles. The van der Waals surface area contributed by atoms with Crippen molar-refractivity contribution >= 4 is 29.1 Å². The van der Waals surface area contributed by atoms with Gasteiger partial charge in [-0.05, 0) is 12.2 Å². The van der Waals surface area contributed by atoms with Crippen molar-refractivity contribution in [2.24, 2.45) is 5.73 Å². The lowest BCUT2D eigenvalue weighted by Crippen LogP contribution is -2.53. The Morgan fingerprint density at radius 2 is 1.82 bits per heavy atom. The minimum absolute atomic E-state index is 0.150. The second-order valence-corrected chi connectivity index (χ2v) is 3.45. The number of hydrazine groups is 1. The van der Waals surface area contributed by atoms with Crippen molar-refractivity contribution < 1.29 is 30.0 Å². The summed E-state index contributed by atoms with van der Waals surface area (Å²) in [7, 11) is 0. The summed E-state index contributed by atoms with van der Waals surface area (Å²) in [6, 6.07) is 0. The molecule has 0 fully saturated rings. The number of thiocarbonyl (C=S) groups is 1. The van der Waals surface area contributed by atoms with E-state index < -0.39 is 36.6 Å². The summed E-state index contributed by atoms with van der Waals surface area (Å²) in [5, 5.41) is 37.1. The van der Waals surface area contributed by atoms with Gasteiger partial charge in [0.25, 0.3) is 0 Å². The van der Waals surface area contributed by atoms with Crippen molar-refractivity contribution in [2.45, 2.75) is 18.3 Å². The summed E-state index contributed by atoms with van der Waals surface area (Å²) in [6.45, 7) is -0.491. The number of Topliss-reactive ketones (excluding diaryl/α,β-unsaturated/α-hetero) is 1. The number of rotatable bonds is 7. The molecule has 98 valence electrons. The standard InChI is InChI=1S/C7H13N3O6S/c8-7(17)10-9-1-2(11)3(12)4(13)5(14)6(15)16/h3-5,9,12-14H,1H2,(H,15,16)(H3,8,10,17)/p-1/t3-,4+,5-/m0/s1. The number of hydrogen-bond acceptors (Lipinski definition) is 8. The normalized spacial score (nSPS) is 15.7. The summed E-state index contributed by atoms with van der Waals surface area (Å²) in [6.07, 6.45) is -6.62. The van der Waals surface area contributed by atoms with E-state index in [9.17, 15) is 19.8 Å². The van der Waals surface area contributed by atoms with Crippen molar-refractivity contribution in [1.29, 1.82) is 0 Å². The minimum Gasteiger partial charge on any atom is -0.547 e. The summed E-state index contributed by atoms with van der Waals surface area (Å²) >= 11 is 4.40. The van der Waals surface area contributed by atoms with Gasteiger partial charge in [-0.25, -0.2) is 5.43 Å². The van der Waals surface area contributed by atoms with Crippen LogP contribution < -0.4 is 21.7 Å². The number of carboxylic acids is 1. The highest BCUT2D eigenvalue weighted by atomic mass is 32.1. The average Bonchev–Trinajstić information content (AvgIpc) is 2.25. The van der Waals surface area contributed by atoms with Gasteiger partial charge in [0.05, 0.1) is 12.5 Å². The second-order valence-electron chi connectivity index (χ2n) is 3.01. The van der Waals surface area contributed by atoms with Gasteiger partial charge in [-0.2, -0.15) is 0 Å². The Morgan fingerprint density at radius 1 is 1.29 bits per heavy atom. The summed E-state index contributed by atoms with van der Waals surface area (Å²) < 4.78 is 0. The molecular weight excluding hydrogens is 254 g/mol. The number of aliphatic hydroxyl groups is 3. The van der Waals surface area contributed by atoms with Crippen LogP contribution in [0.25, 0.3) is 0 Å². The largest absolute Gasteiger partial charge is 0.547 e. The number of aliphatic carboxylic acids is 1. The molecule has 0 aromatic carbocycles. The molecule has 0 unspecified atom stereocenters. The van der Waals surface area contributed by atoms with Crippen molar-refractivity contribution in [1.82, 2.24) is 10.9 Å². The molecule has 0 saturated carbocycles. The molecule has 3 atom stereocenters. The lowest BCUT2D eigenvalue weighted by Gasteiger charge is -2.22. The van der Waals surface area contributed by atoms with E-state index in [-0.39, 0.29) is 5.11 Å². The number of nitrogens with one attached hydrogen (secondary N) is 2. The van der Waals surface area contributed by atoms with Crippen LogP contribution in [-0.4, -0.2) is 57.0 Å². The van der Waals surface area contributed by atoms with Gasteiger partial charge in [-0.15, -0.1) is 0 Å². The molecular formula is C7H12N3O6S-. The van der Waals surface area contributed by atoms with Crippen LogP contribution in [0.15, 0.2) is 0 Å². The van der Waals surface area contributed by atoms with Crippen LogP contribution in [0, 0.1) is 0 Å². The Labute approximate surface area is 101 Å². The number of carboxylic acid groups (broad SMARTS) is 1. The third kappa shape index (κ3) is 5.51. The maximum Gasteiger partial charge on any atom is 0.179 e. The fraction of sp³-hybridized carbons (Fsp3) is 0.571. The van der Waals surface area contributed by atoms with Crippen molar-refractivity contribution in [2.75, 3.05) is 6.54 Å². The van der Waals surface area contributed by atoms with Crippen molar-refractivity contribution in [3.63, 3.8) is 0 Å². The van der Waals surface area contributed by atoms with Gasteiger partial charge in [0, 0.05) is 0 Å². The van der Waals surface area contributed by atoms with Gasteiger partial charge >= 0.3 is 0 Å². The Hall–Kier alpha value is -1.33. The third-order valence-corrected chi connectivity index (χ3v) is 1.79. The van der Waals surface area contributed by atoms with Gasteiger partial charge in [0.1, 0.15) is 18.3 Å². The van der Waals surface area contributed by atoms with Crippen molar-refractivity contribution in [3.8, 4) is 0 Å². The Balaban J connectivity index is 4.20. The van der Waals surface area contributed by atoms with E-state index >= 15 is 0 Å². The van der Waals surface area contributed by atoms with Crippen molar-refractivity contribution in [3.05, 3.63) is 0 Å². The fourth-order valence-electron chi connectivity index (χ4n) is 0.826. The predicted molar refractivity (Wildman–Crippen MR) is 56.0 cm³/mol. The number of carbonyl (C=O) groups excluding carboxylic acids is 2. The zero-order chi connectivity index (χ0) is 13.6.